The Labute approximate surface area is 150 Å². The molecule has 0 unspecified atom stereocenters. The predicted octanol–water partition coefficient (Wildman–Crippen LogP) is 2.37. The van der Waals surface area contributed by atoms with Gasteiger partial charge in [0.25, 0.3) is 0 Å². The minimum atomic E-state index is -0.959. The van der Waals surface area contributed by atoms with Gasteiger partial charge in [0.15, 0.2) is 11.6 Å². The number of rotatable bonds is 4. The lowest BCUT2D eigenvalue weighted by molar-refractivity contribution is -0.115. The van der Waals surface area contributed by atoms with Crippen LogP contribution in [0, 0.1) is 11.6 Å². The lowest BCUT2D eigenvalue weighted by Gasteiger charge is -2.29. The van der Waals surface area contributed by atoms with Gasteiger partial charge in [-0.1, -0.05) is 6.07 Å². The number of anilines is 2. The molecule has 0 spiro atoms. The number of piperazine rings is 1. The molecule has 1 aromatic carbocycles. The number of pyridine rings is 1. The molecule has 0 aliphatic carbocycles. The predicted molar refractivity (Wildman–Crippen MR) is 95.3 cm³/mol. The molecule has 1 aliphatic rings. The smallest absolute Gasteiger partial charge is 0.229 e. The highest BCUT2D eigenvalue weighted by molar-refractivity contribution is 5.91. The van der Waals surface area contributed by atoms with Crippen molar-refractivity contribution in [3.8, 4) is 0 Å². The highest BCUT2D eigenvalue weighted by atomic mass is 35.5. The van der Waals surface area contributed by atoms with Gasteiger partial charge in [0.05, 0.1) is 18.3 Å². The summed E-state index contributed by atoms with van der Waals surface area (Å²) in [7, 11) is 0. The van der Waals surface area contributed by atoms with Gasteiger partial charge in [0, 0.05) is 26.2 Å². The van der Waals surface area contributed by atoms with Crippen molar-refractivity contribution < 1.29 is 13.6 Å². The molecule has 2 heterocycles. The number of aromatic nitrogens is 1. The summed E-state index contributed by atoms with van der Waals surface area (Å²) in [6, 6.07) is 7.07. The Morgan fingerprint density at radius 2 is 1.92 bits per heavy atom. The summed E-state index contributed by atoms with van der Waals surface area (Å²) < 4.78 is 26.0. The fraction of sp³-hybridized carbons (Fsp3) is 0.294. The maximum absolute atomic E-state index is 13.1. The molecule has 25 heavy (non-hydrogen) atoms. The Bertz CT molecular complexity index is 721. The van der Waals surface area contributed by atoms with Crippen molar-refractivity contribution in [2.24, 2.45) is 0 Å². The third-order valence-corrected chi connectivity index (χ3v) is 3.85. The highest BCUT2D eigenvalue weighted by Crippen LogP contribution is 2.16. The molecule has 0 radical (unpaired) electrons. The SMILES string of the molecule is Cl.O=C(Cc1ccc(F)c(F)c1)Nc1ccc(N2CCNCC2)cn1. The van der Waals surface area contributed by atoms with E-state index in [1.54, 1.807) is 12.3 Å². The van der Waals surface area contributed by atoms with Crippen molar-refractivity contribution >= 4 is 29.8 Å². The van der Waals surface area contributed by atoms with E-state index in [0.717, 1.165) is 44.0 Å². The largest absolute Gasteiger partial charge is 0.368 e. The molecule has 134 valence electrons. The first-order chi connectivity index (χ1) is 11.6. The van der Waals surface area contributed by atoms with Crippen LogP contribution in [0.25, 0.3) is 0 Å². The molecule has 1 fully saturated rings. The number of hydrogen-bond donors (Lipinski definition) is 2. The van der Waals surface area contributed by atoms with Crippen LogP contribution in [-0.2, 0) is 11.2 Å². The van der Waals surface area contributed by atoms with Crippen LogP contribution < -0.4 is 15.5 Å². The quantitative estimate of drug-likeness (QED) is 0.870. The number of carbonyl (C=O) groups excluding carboxylic acids is 1. The molecule has 0 atom stereocenters. The summed E-state index contributed by atoms with van der Waals surface area (Å²) in [6.07, 6.45) is 1.68. The summed E-state index contributed by atoms with van der Waals surface area (Å²) in [5, 5.41) is 5.94. The Morgan fingerprint density at radius 1 is 1.16 bits per heavy atom. The first-order valence-corrected chi connectivity index (χ1v) is 7.77. The van der Waals surface area contributed by atoms with E-state index >= 15 is 0 Å². The molecule has 2 N–H and O–H groups in total. The monoisotopic (exact) mass is 368 g/mol. The van der Waals surface area contributed by atoms with Crippen molar-refractivity contribution in [2.75, 3.05) is 36.4 Å². The van der Waals surface area contributed by atoms with Gasteiger partial charge in [0.1, 0.15) is 5.82 Å². The van der Waals surface area contributed by atoms with E-state index < -0.39 is 11.6 Å². The number of halogens is 3. The van der Waals surface area contributed by atoms with Crippen LogP contribution in [0.3, 0.4) is 0 Å². The van der Waals surface area contributed by atoms with Crippen molar-refractivity contribution in [3.05, 3.63) is 53.7 Å². The van der Waals surface area contributed by atoms with Crippen molar-refractivity contribution in [1.29, 1.82) is 0 Å². The van der Waals surface area contributed by atoms with E-state index in [0.29, 0.717) is 11.4 Å². The first kappa shape index (κ1) is 19.1. The molecule has 1 aromatic heterocycles. The molecule has 2 aromatic rings. The van der Waals surface area contributed by atoms with Gasteiger partial charge in [-0.25, -0.2) is 13.8 Å². The summed E-state index contributed by atoms with van der Waals surface area (Å²) >= 11 is 0. The minimum absolute atomic E-state index is 0. The number of benzene rings is 1. The Balaban J connectivity index is 0.00000225. The average molecular weight is 369 g/mol. The minimum Gasteiger partial charge on any atom is -0.368 e. The van der Waals surface area contributed by atoms with E-state index in [9.17, 15) is 13.6 Å². The van der Waals surface area contributed by atoms with Crippen molar-refractivity contribution in [2.45, 2.75) is 6.42 Å². The first-order valence-electron chi connectivity index (χ1n) is 7.77. The van der Waals surface area contributed by atoms with Gasteiger partial charge >= 0.3 is 0 Å². The van der Waals surface area contributed by atoms with Gasteiger partial charge in [-0.2, -0.15) is 0 Å². The third-order valence-electron chi connectivity index (χ3n) is 3.85. The number of hydrogen-bond acceptors (Lipinski definition) is 4. The summed E-state index contributed by atoms with van der Waals surface area (Å²) in [6.45, 7) is 3.71. The molecule has 0 saturated carbocycles. The van der Waals surface area contributed by atoms with Gasteiger partial charge in [-0.05, 0) is 29.8 Å². The summed E-state index contributed by atoms with van der Waals surface area (Å²) in [5.74, 6) is -1.78. The van der Waals surface area contributed by atoms with Crippen LogP contribution in [0.4, 0.5) is 20.3 Å². The molecule has 1 amide bonds. The average Bonchev–Trinajstić information content (AvgIpc) is 2.59. The number of nitrogens with one attached hydrogen (secondary N) is 2. The molecule has 0 bridgehead atoms. The van der Waals surface area contributed by atoms with Crippen LogP contribution in [0.2, 0.25) is 0 Å². The Morgan fingerprint density at radius 3 is 2.56 bits per heavy atom. The number of amides is 1. The molecule has 5 nitrogen and oxygen atoms in total. The second kappa shape index (κ2) is 8.73. The van der Waals surface area contributed by atoms with Crippen LogP contribution in [0.1, 0.15) is 5.56 Å². The second-order valence-electron chi connectivity index (χ2n) is 5.61. The summed E-state index contributed by atoms with van der Waals surface area (Å²) in [5.41, 5.74) is 1.42. The normalized spacial score (nSPS) is 13.9. The zero-order chi connectivity index (χ0) is 16.9. The lowest BCUT2D eigenvalue weighted by atomic mass is 10.1. The van der Waals surface area contributed by atoms with Crippen LogP contribution in [0.15, 0.2) is 36.5 Å². The van der Waals surface area contributed by atoms with Gasteiger partial charge < -0.3 is 15.5 Å². The fourth-order valence-corrected chi connectivity index (χ4v) is 2.59. The van der Waals surface area contributed by atoms with E-state index in [1.165, 1.54) is 6.07 Å². The molecular weight excluding hydrogens is 350 g/mol. The molecule has 1 saturated heterocycles. The highest BCUT2D eigenvalue weighted by Gasteiger charge is 2.12. The molecular formula is C17H19ClF2N4O. The van der Waals surface area contributed by atoms with E-state index in [2.05, 4.69) is 20.5 Å². The van der Waals surface area contributed by atoms with Crippen LogP contribution in [0.5, 0.6) is 0 Å². The number of carbonyl (C=O) groups is 1. The summed E-state index contributed by atoms with van der Waals surface area (Å²) in [4.78, 5) is 18.4. The second-order valence-corrected chi connectivity index (χ2v) is 5.61. The molecule has 3 rings (SSSR count). The van der Waals surface area contributed by atoms with Crippen LogP contribution >= 0.6 is 12.4 Å². The van der Waals surface area contributed by atoms with E-state index in [-0.39, 0.29) is 24.7 Å². The molecule has 1 aliphatic heterocycles. The van der Waals surface area contributed by atoms with Crippen LogP contribution in [-0.4, -0.2) is 37.1 Å². The van der Waals surface area contributed by atoms with E-state index in [1.807, 2.05) is 6.07 Å². The van der Waals surface area contributed by atoms with Gasteiger partial charge in [-0.15, -0.1) is 12.4 Å². The zero-order valence-electron chi connectivity index (χ0n) is 13.5. The lowest BCUT2D eigenvalue weighted by Crippen LogP contribution is -2.43. The maximum Gasteiger partial charge on any atom is 0.229 e. The van der Waals surface area contributed by atoms with Crippen molar-refractivity contribution in [3.63, 3.8) is 0 Å². The standard InChI is InChI=1S/C17H18F2N4O.ClH/c18-14-3-1-12(9-15(14)19)10-17(24)22-16-4-2-13(11-21-16)23-7-5-20-6-8-23;/h1-4,9,11,20H,5-8,10H2,(H,21,22,24);1H. The number of nitrogens with zero attached hydrogens (tertiary/aromatic N) is 2. The Kier molecular flexibility index (Phi) is 6.66. The van der Waals surface area contributed by atoms with Gasteiger partial charge in [-0.3, -0.25) is 4.79 Å². The van der Waals surface area contributed by atoms with E-state index in [4.69, 9.17) is 0 Å². The Hall–Kier alpha value is -2.25. The topological polar surface area (TPSA) is 57.3 Å². The fourth-order valence-electron chi connectivity index (χ4n) is 2.59. The van der Waals surface area contributed by atoms with Crippen molar-refractivity contribution in [1.82, 2.24) is 10.3 Å². The van der Waals surface area contributed by atoms with Gasteiger partial charge in [0.2, 0.25) is 5.91 Å². The maximum atomic E-state index is 13.1. The third kappa shape index (κ3) is 5.11. The molecule has 8 heteroatoms. The zero-order valence-corrected chi connectivity index (χ0v) is 14.3.